The Morgan fingerprint density at radius 3 is 3.00 bits per heavy atom. The Bertz CT molecular complexity index is 491. The van der Waals surface area contributed by atoms with E-state index in [1.807, 2.05) is 0 Å². The lowest BCUT2D eigenvalue weighted by atomic mass is 10.1. The van der Waals surface area contributed by atoms with E-state index in [0.717, 1.165) is 0 Å². The lowest BCUT2D eigenvalue weighted by Gasteiger charge is -1.92. The fourth-order valence-corrected chi connectivity index (χ4v) is 2.08. The summed E-state index contributed by atoms with van der Waals surface area (Å²) in [4.78, 5) is 13.1. The predicted octanol–water partition coefficient (Wildman–Crippen LogP) is 1.96. The molecule has 6 heteroatoms. The summed E-state index contributed by atoms with van der Waals surface area (Å²) in [6.45, 7) is 0. The van der Waals surface area contributed by atoms with Crippen molar-refractivity contribution in [3.63, 3.8) is 0 Å². The molecule has 0 aliphatic rings. The number of carbonyl (C=O) groups is 1. The zero-order valence-corrected chi connectivity index (χ0v) is 9.55. The zero-order chi connectivity index (χ0) is 10.8. The van der Waals surface area contributed by atoms with Gasteiger partial charge < -0.3 is 0 Å². The maximum atomic E-state index is 11.7. The fourth-order valence-electron chi connectivity index (χ4n) is 1.19. The Hall–Kier alpha value is -1.20. The van der Waals surface area contributed by atoms with E-state index in [9.17, 15) is 4.79 Å². The smallest absolute Gasteiger partial charge is 0.169 e. The highest BCUT2D eigenvalue weighted by Crippen LogP contribution is 2.20. The first kappa shape index (κ1) is 10.3. The van der Waals surface area contributed by atoms with Crippen LogP contribution in [-0.2, 0) is 13.5 Å². The highest BCUT2D eigenvalue weighted by atomic mass is 35.5. The third kappa shape index (κ3) is 2.43. The molecule has 15 heavy (non-hydrogen) atoms. The number of hydrogen-bond donors (Lipinski definition) is 0. The summed E-state index contributed by atoms with van der Waals surface area (Å²) in [6, 6.07) is 1.67. The van der Waals surface area contributed by atoms with Crippen LogP contribution in [0.3, 0.4) is 0 Å². The van der Waals surface area contributed by atoms with Crippen LogP contribution in [0, 0.1) is 0 Å². The van der Waals surface area contributed by atoms with Gasteiger partial charge in [0.25, 0.3) is 0 Å². The van der Waals surface area contributed by atoms with Gasteiger partial charge in [0.2, 0.25) is 0 Å². The van der Waals surface area contributed by atoms with E-state index in [1.54, 1.807) is 24.7 Å². The molecule has 0 N–H and O–H groups in total. The molecule has 0 saturated heterocycles. The SMILES string of the molecule is Cn1ncc(CC(=O)c2csc(Cl)c2)n1. The van der Waals surface area contributed by atoms with Crippen molar-refractivity contribution in [1.82, 2.24) is 15.0 Å². The lowest BCUT2D eigenvalue weighted by molar-refractivity contribution is 0.0992. The van der Waals surface area contributed by atoms with Gasteiger partial charge >= 0.3 is 0 Å². The van der Waals surface area contributed by atoms with Crippen molar-refractivity contribution >= 4 is 28.7 Å². The Morgan fingerprint density at radius 2 is 2.47 bits per heavy atom. The van der Waals surface area contributed by atoms with Crippen molar-refractivity contribution in [1.29, 1.82) is 0 Å². The van der Waals surface area contributed by atoms with Crippen LogP contribution in [0.5, 0.6) is 0 Å². The van der Waals surface area contributed by atoms with E-state index < -0.39 is 0 Å². The van der Waals surface area contributed by atoms with Gasteiger partial charge in [-0.25, -0.2) is 0 Å². The summed E-state index contributed by atoms with van der Waals surface area (Å²) >= 11 is 7.10. The largest absolute Gasteiger partial charge is 0.294 e. The van der Waals surface area contributed by atoms with Crippen LogP contribution in [0.25, 0.3) is 0 Å². The molecule has 0 saturated carbocycles. The van der Waals surface area contributed by atoms with Crippen molar-refractivity contribution in [2.24, 2.45) is 7.05 Å². The average molecular weight is 242 g/mol. The molecule has 0 aliphatic carbocycles. The van der Waals surface area contributed by atoms with Gasteiger partial charge in [-0.1, -0.05) is 11.6 Å². The first-order valence-corrected chi connectivity index (χ1v) is 5.53. The molecule has 2 rings (SSSR count). The second kappa shape index (κ2) is 4.12. The molecule has 2 aromatic rings. The normalized spacial score (nSPS) is 10.5. The molecule has 0 aliphatic heterocycles. The summed E-state index contributed by atoms with van der Waals surface area (Å²) in [5.41, 5.74) is 1.31. The molecule has 0 bridgehead atoms. The number of rotatable bonds is 3. The third-order valence-electron chi connectivity index (χ3n) is 1.88. The highest BCUT2D eigenvalue weighted by Gasteiger charge is 2.11. The second-order valence-electron chi connectivity index (χ2n) is 3.06. The maximum absolute atomic E-state index is 11.7. The van der Waals surface area contributed by atoms with Gasteiger partial charge in [-0.15, -0.1) is 11.3 Å². The van der Waals surface area contributed by atoms with E-state index in [-0.39, 0.29) is 12.2 Å². The van der Waals surface area contributed by atoms with Crippen molar-refractivity contribution in [2.45, 2.75) is 6.42 Å². The number of halogens is 1. The van der Waals surface area contributed by atoms with Gasteiger partial charge in [-0.05, 0) is 6.07 Å². The van der Waals surface area contributed by atoms with Crippen LogP contribution in [-0.4, -0.2) is 20.8 Å². The number of nitrogens with zero attached hydrogens (tertiary/aromatic N) is 3. The van der Waals surface area contributed by atoms with Crippen LogP contribution >= 0.6 is 22.9 Å². The van der Waals surface area contributed by atoms with Crippen molar-refractivity contribution in [3.8, 4) is 0 Å². The van der Waals surface area contributed by atoms with Crippen molar-refractivity contribution in [3.05, 3.63) is 33.2 Å². The third-order valence-corrected chi connectivity index (χ3v) is 2.97. The minimum atomic E-state index is 0.0126. The molecule has 0 aromatic carbocycles. The summed E-state index contributed by atoms with van der Waals surface area (Å²) in [5.74, 6) is 0.0126. The number of carbonyl (C=O) groups excluding carboxylic acids is 1. The summed E-state index contributed by atoms with van der Waals surface area (Å²) < 4.78 is 0.623. The number of thiophene rings is 1. The monoisotopic (exact) mass is 241 g/mol. The molecule has 0 unspecified atom stereocenters. The van der Waals surface area contributed by atoms with Crippen LogP contribution in [0.2, 0.25) is 4.34 Å². The number of Topliss-reactive ketones (excluding diaryl/α,β-unsaturated/α-hetero) is 1. The maximum Gasteiger partial charge on any atom is 0.169 e. The van der Waals surface area contributed by atoms with Gasteiger partial charge in [0.05, 0.1) is 22.6 Å². The molecule has 0 atom stereocenters. The van der Waals surface area contributed by atoms with Crippen LogP contribution < -0.4 is 0 Å². The number of ketones is 1. The topological polar surface area (TPSA) is 47.8 Å². The molecule has 0 radical (unpaired) electrons. The molecule has 0 spiro atoms. The number of hydrogen-bond acceptors (Lipinski definition) is 4. The number of aromatic nitrogens is 3. The van der Waals surface area contributed by atoms with Crippen LogP contribution in [0.15, 0.2) is 17.6 Å². The standard InChI is InChI=1S/C9H8ClN3OS/c1-13-11-4-7(12-13)3-8(14)6-2-9(10)15-5-6/h2,4-5H,3H2,1H3. The molecule has 0 amide bonds. The first-order valence-electron chi connectivity index (χ1n) is 4.27. The molecule has 2 aromatic heterocycles. The van der Waals surface area contributed by atoms with Crippen molar-refractivity contribution in [2.75, 3.05) is 0 Å². The Morgan fingerprint density at radius 1 is 1.67 bits per heavy atom. The summed E-state index contributed by atoms with van der Waals surface area (Å²) in [7, 11) is 1.72. The van der Waals surface area contributed by atoms with E-state index >= 15 is 0 Å². The van der Waals surface area contributed by atoms with E-state index in [0.29, 0.717) is 15.6 Å². The van der Waals surface area contributed by atoms with Gasteiger partial charge in [0.1, 0.15) is 0 Å². The molecular weight excluding hydrogens is 234 g/mol. The minimum absolute atomic E-state index is 0.0126. The summed E-state index contributed by atoms with van der Waals surface area (Å²) in [6.07, 6.45) is 1.85. The van der Waals surface area contributed by atoms with Crippen LogP contribution in [0.4, 0.5) is 0 Å². The zero-order valence-electron chi connectivity index (χ0n) is 7.98. The average Bonchev–Trinajstić information content (AvgIpc) is 2.75. The van der Waals surface area contributed by atoms with Gasteiger partial charge in [0.15, 0.2) is 5.78 Å². The highest BCUT2D eigenvalue weighted by molar-refractivity contribution is 7.14. The lowest BCUT2D eigenvalue weighted by Crippen LogP contribution is -2.03. The van der Waals surface area contributed by atoms with Crippen molar-refractivity contribution < 1.29 is 4.79 Å². The molecule has 2 heterocycles. The molecule has 0 fully saturated rings. The molecule has 4 nitrogen and oxygen atoms in total. The van der Waals surface area contributed by atoms with Crippen LogP contribution in [0.1, 0.15) is 16.1 Å². The van der Waals surface area contributed by atoms with Gasteiger partial charge in [-0.3, -0.25) is 4.79 Å². The van der Waals surface area contributed by atoms with Gasteiger partial charge in [-0.2, -0.15) is 15.0 Å². The number of aryl methyl sites for hydroxylation is 1. The van der Waals surface area contributed by atoms with Gasteiger partial charge in [0, 0.05) is 18.0 Å². The van der Waals surface area contributed by atoms with E-state index in [1.165, 1.54) is 16.1 Å². The quantitative estimate of drug-likeness (QED) is 0.772. The van der Waals surface area contributed by atoms with E-state index in [4.69, 9.17) is 11.6 Å². The Kier molecular flexibility index (Phi) is 2.83. The summed E-state index contributed by atoms with van der Waals surface area (Å²) in [5, 5.41) is 9.69. The first-order chi connectivity index (χ1) is 7.15. The predicted molar refractivity (Wildman–Crippen MR) is 58.4 cm³/mol. The fraction of sp³-hybridized carbons (Fsp3) is 0.222. The molecule has 78 valence electrons. The minimum Gasteiger partial charge on any atom is -0.294 e. The Labute approximate surface area is 95.5 Å². The second-order valence-corrected chi connectivity index (χ2v) is 4.61. The Balaban J connectivity index is 2.10. The van der Waals surface area contributed by atoms with E-state index in [2.05, 4.69) is 10.2 Å². The molecular formula is C9H8ClN3OS.